The molecular weight excluding hydrogens is 382 g/mol. The van der Waals surface area contributed by atoms with E-state index in [0.29, 0.717) is 18.2 Å². The fourth-order valence-electron chi connectivity index (χ4n) is 2.11. The van der Waals surface area contributed by atoms with Gasteiger partial charge in [0.05, 0.1) is 25.3 Å². The van der Waals surface area contributed by atoms with Crippen molar-refractivity contribution in [3.05, 3.63) is 52.7 Å². The van der Waals surface area contributed by atoms with Gasteiger partial charge < -0.3 is 14.7 Å². The summed E-state index contributed by atoms with van der Waals surface area (Å²) in [5, 5.41) is 15.7. The van der Waals surface area contributed by atoms with Crippen molar-refractivity contribution >= 4 is 11.4 Å². The number of methoxy groups -OCH3 is 2. The van der Waals surface area contributed by atoms with Crippen molar-refractivity contribution in [3.63, 3.8) is 0 Å². The second-order valence-corrected chi connectivity index (χ2v) is 5.14. The zero-order chi connectivity index (χ0) is 20.4. The molecule has 0 heterocycles. The molecule has 11 heteroatoms. The zero-order valence-corrected chi connectivity index (χ0v) is 13.9. The predicted octanol–water partition coefficient (Wildman–Crippen LogP) is 5.67. The van der Waals surface area contributed by atoms with Crippen LogP contribution in [0.25, 0.3) is 0 Å². The number of rotatable bonds is 4. The maximum absolute atomic E-state index is 12.9. The highest BCUT2D eigenvalue weighted by molar-refractivity contribution is 5.54. The lowest BCUT2D eigenvalue weighted by molar-refractivity contribution is -0.436. The Kier molecular flexibility index (Phi) is 5.52. The Morgan fingerprint density at radius 1 is 0.815 bits per heavy atom. The molecule has 2 rings (SSSR count). The van der Waals surface area contributed by atoms with Crippen molar-refractivity contribution in [1.82, 2.24) is 0 Å². The van der Waals surface area contributed by atoms with E-state index >= 15 is 0 Å². The van der Waals surface area contributed by atoms with Crippen LogP contribution in [0.4, 0.5) is 37.7 Å². The first kappa shape index (κ1) is 20.3. The third-order valence-electron chi connectivity index (χ3n) is 3.42. The monoisotopic (exact) mass is 394 g/mol. The normalized spacial score (nSPS) is 12.8. The van der Waals surface area contributed by atoms with E-state index in [1.54, 1.807) is 0 Å². The molecule has 0 fully saturated rings. The Labute approximate surface area is 149 Å². The number of halogens is 6. The van der Waals surface area contributed by atoms with Gasteiger partial charge in [0.1, 0.15) is 0 Å². The summed E-state index contributed by atoms with van der Waals surface area (Å²) in [4.78, 5) is -0.258. The van der Waals surface area contributed by atoms with Gasteiger partial charge in [-0.15, -0.1) is 0 Å². The van der Waals surface area contributed by atoms with Crippen LogP contribution in [0.5, 0.6) is 11.5 Å². The summed E-state index contributed by atoms with van der Waals surface area (Å²) < 4.78 is 86.8. The predicted molar refractivity (Wildman–Crippen MR) is 81.4 cm³/mol. The third kappa shape index (κ3) is 4.60. The molecule has 0 aliphatic rings. The molecule has 0 atom stereocenters. The van der Waals surface area contributed by atoms with E-state index in [-0.39, 0.29) is 16.4 Å². The van der Waals surface area contributed by atoms with Crippen molar-refractivity contribution in [2.24, 2.45) is 5.11 Å². The minimum atomic E-state index is -4.74. The number of nitrogens with zero attached hydrogens (tertiary/aromatic N) is 2. The van der Waals surface area contributed by atoms with E-state index in [9.17, 15) is 31.5 Å². The van der Waals surface area contributed by atoms with Gasteiger partial charge in [0.2, 0.25) is 0 Å². The van der Waals surface area contributed by atoms with Crippen LogP contribution in [-0.2, 0) is 12.4 Å². The highest BCUT2D eigenvalue weighted by Crippen LogP contribution is 2.39. The lowest BCUT2D eigenvalue weighted by Crippen LogP contribution is -2.06. The molecule has 0 amide bonds. The van der Waals surface area contributed by atoms with Gasteiger partial charge in [-0.05, 0) is 35.2 Å². The van der Waals surface area contributed by atoms with E-state index < -0.39 is 34.9 Å². The number of alkyl halides is 6. The topological polar surface area (TPSA) is 56.9 Å². The average molecular weight is 394 g/mol. The smallest absolute Gasteiger partial charge is 0.416 e. The molecule has 5 nitrogen and oxygen atoms in total. The van der Waals surface area contributed by atoms with E-state index in [4.69, 9.17) is 9.47 Å². The molecule has 0 spiro atoms. The summed E-state index contributed by atoms with van der Waals surface area (Å²) >= 11 is 0. The maximum Gasteiger partial charge on any atom is 0.416 e. The van der Waals surface area contributed by atoms with Gasteiger partial charge >= 0.3 is 12.4 Å². The first-order chi connectivity index (χ1) is 12.5. The minimum absolute atomic E-state index is 0.171. The van der Waals surface area contributed by atoms with Gasteiger partial charge in [-0.2, -0.15) is 26.3 Å². The van der Waals surface area contributed by atoms with Crippen molar-refractivity contribution in [1.29, 1.82) is 0 Å². The van der Waals surface area contributed by atoms with Crippen LogP contribution in [-0.4, -0.2) is 19.1 Å². The Balaban J connectivity index is 2.60. The van der Waals surface area contributed by atoms with Crippen LogP contribution in [0, 0.1) is 5.21 Å². The molecule has 0 N–H and O–H groups in total. The fraction of sp³-hybridized carbons (Fsp3) is 0.250. The summed E-state index contributed by atoms with van der Waals surface area (Å²) in [6.07, 6.45) is -9.45. The highest BCUT2D eigenvalue weighted by Gasteiger charge is 2.34. The van der Waals surface area contributed by atoms with Crippen molar-refractivity contribution in [2.45, 2.75) is 12.4 Å². The highest BCUT2D eigenvalue weighted by atomic mass is 19.4. The van der Waals surface area contributed by atoms with Crippen LogP contribution >= 0.6 is 0 Å². The van der Waals surface area contributed by atoms with Crippen LogP contribution < -0.4 is 9.47 Å². The Morgan fingerprint density at radius 3 is 1.78 bits per heavy atom. The number of hydrogen-bond acceptors (Lipinski definition) is 4. The van der Waals surface area contributed by atoms with Gasteiger partial charge in [0, 0.05) is 11.2 Å². The molecule has 0 saturated heterocycles. The average Bonchev–Trinajstić information content (AvgIpc) is 2.59. The second-order valence-electron chi connectivity index (χ2n) is 5.14. The van der Waals surface area contributed by atoms with E-state index in [1.165, 1.54) is 0 Å². The molecule has 0 saturated carbocycles. The summed E-state index contributed by atoms with van der Waals surface area (Å²) in [6.45, 7) is 0. The van der Waals surface area contributed by atoms with Crippen LogP contribution in [0.1, 0.15) is 11.1 Å². The minimum Gasteiger partial charge on any atom is -0.594 e. The second kappa shape index (κ2) is 7.33. The first-order valence-electron chi connectivity index (χ1n) is 7.16. The van der Waals surface area contributed by atoms with Crippen LogP contribution in [0.15, 0.2) is 41.5 Å². The number of azo groups is 1. The molecule has 0 bridgehead atoms. The zero-order valence-electron chi connectivity index (χ0n) is 13.9. The molecule has 146 valence electrons. The van der Waals surface area contributed by atoms with Gasteiger partial charge in [0.25, 0.3) is 5.69 Å². The largest absolute Gasteiger partial charge is 0.594 e. The molecular formula is C16H12F6N2O3. The molecule has 0 aliphatic carbocycles. The third-order valence-corrected chi connectivity index (χ3v) is 3.42. The number of benzene rings is 2. The van der Waals surface area contributed by atoms with Crippen molar-refractivity contribution in [2.75, 3.05) is 14.2 Å². The SMILES string of the molecule is COc1ccc(C(F)(F)F)cc1N=[N+]([O-])c1cc(C(F)(F)F)ccc1OC. The van der Waals surface area contributed by atoms with Gasteiger partial charge in [0.15, 0.2) is 17.2 Å². The number of ether oxygens (including phenoxy) is 2. The lowest BCUT2D eigenvalue weighted by atomic mass is 10.2. The molecule has 0 aliphatic heterocycles. The quantitative estimate of drug-likeness (QED) is 0.291. The maximum atomic E-state index is 12.9. The van der Waals surface area contributed by atoms with Gasteiger partial charge in [-0.3, -0.25) is 0 Å². The van der Waals surface area contributed by atoms with Gasteiger partial charge in [-0.1, -0.05) is 0 Å². The van der Waals surface area contributed by atoms with Crippen molar-refractivity contribution in [3.8, 4) is 11.5 Å². The lowest BCUT2D eigenvalue weighted by Gasteiger charge is -2.11. The molecule has 0 aromatic heterocycles. The Hall–Kier alpha value is -2.98. The summed E-state index contributed by atoms with van der Waals surface area (Å²) in [5.41, 5.74) is -3.40. The molecule has 2 aromatic rings. The first-order valence-corrected chi connectivity index (χ1v) is 7.16. The van der Waals surface area contributed by atoms with E-state index in [2.05, 4.69) is 5.11 Å². The van der Waals surface area contributed by atoms with E-state index in [0.717, 1.165) is 32.4 Å². The van der Waals surface area contributed by atoms with Crippen LogP contribution in [0.3, 0.4) is 0 Å². The Morgan fingerprint density at radius 2 is 1.30 bits per heavy atom. The molecule has 0 unspecified atom stereocenters. The molecule has 0 radical (unpaired) electrons. The molecule has 2 aromatic carbocycles. The molecule has 27 heavy (non-hydrogen) atoms. The summed E-state index contributed by atoms with van der Waals surface area (Å²) in [6, 6.07) is 4.29. The van der Waals surface area contributed by atoms with Crippen LogP contribution in [0.2, 0.25) is 0 Å². The van der Waals surface area contributed by atoms with Crippen molar-refractivity contribution < 1.29 is 40.7 Å². The number of hydrogen-bond donors (Lipinski definition) is 0. The van der Waals surface area contributed by atoms with E-state index in [1.807, 2.05) is 0 Å². The Bertz CT molecular complexity index is 862. The summed E-state index contributed by atoms with van der Waals surface area (Å²) in [7, 11) is 2.26. The summed E-state index contributed by atoms with van der Waals surface area (Å²) in [5.74, 6) is -0.414. The fourth-order valence-corrected chi connectivity index (χ4v) is 2.11. The standard InChI is InChI=1S/C16H12F6N2O3/c1-26-13-5-3-9(15(17,18)19)7-11(13)23-24(25)12-8-10(16(20,21)22)4-6-14(12)27-2/h3-8H,1-2H3. The van der Waals surface area contributed by atoms with Gasteiger partial charge in [-0.25, -0.2) is 0 Å².